The van der Waals surface area contributed by atoms with Crippen molar-refractivity contribution in [2.75, 3.05) is 7.11 Å². The van der Waals surface area contributed by atoms with Gasteiger partial charge in [-0.2, -0.15) is 0 Å². The second-order valence-electron chi connectivity index (χ2n) is 7.24. The van der Waals surface area contributed by atoms with E-state index in [4.69, 9.17) is 9.73 Å². The fourth-order valence-electron chi connectivity index (χ4n) is 3.28. The Labute approximate surface area is 180 Å². The van der Waals surface area contributed by atoms with Crippen LogP contribution in [0.2, 0.25) is 0 Å². The highest BCUT2D eigenvalue weighted by atomic mass is 19.1. The molecule has 1 atom stereocenters. The Bertz CT molecular complexity index is 873. The van der Waals surface area contributed by atoms with Crippen LogP contribution in [0.5, 0.6) is 0 Å². The summed E-state index contributed by atoms with van der Waals surface area (Å²) in [5.41, 5.74) is 4.92. The van der Waals surface area contributed by atoms with Crippen molar-refractivity contribution in [1.82, 2.24) is 5.32 Å². The molecule has 0 aliphatic carbocycles. The molecule has 30 heavy (non-hydrogen) atoms. The predicted molar refractivity (Wildman–Crippen MR) is 126 cm³/mol. The Balaban J connectivity index is 2.51. The summed E-state index contributed by atoms with van der Waals surface area (Å²) in [7, 11) is 1.48. The molecule has 4 heteroatoms. The number of rotatable bonds is 10. The summed E-state index contributed by atoms with van der Waals surface area (Å²) < 4.78 is 19.8. The van der Waals surface area contributed by atoms with E-state index in [1.165, 1.54) is 7.11 Å². The van der Waals surface area contributed by atoms with Crippen LogP contribution in [0.1, 0.15) is 57.6 Å². The van der Waals surface area contributed by atoms with Crippen molar-refractivity contribution in [3.05, 3.63) is 89.3 Å². The van der Waals surface area contributed by atoms with Crippen molar-refractivity contribution in [2.45, 2.75) is 52.5 Å². The first-order valence-corrected chi connectivity index (χ1v) is 10.5. The number of halogens is 1. The van der Waals surface area contributed by atoms with E-state index in [-0.39, 0.29) is 17.6 Å². The van der Waals surface area contributed by atoms with Crippen LogP contribution in [0.3, 0.4) is 0 Å². The Morgan fingerprint density at radius 3 is 2.63 bits per heavy atom. The normalized spacial score (nSPS) is 17.8. The van der Waals surface area contributed by atoms with Crippen LogP contribution in [0, 0.1) is 0 Å². The van der Waals surface area contributed by atoms with E-state index in [0.29, 0.717) is 6.42 Å². The van der Waals surface area contributed by atoms with E-state index in [1.807, 2.05) is 37.4 Å². The summed E-state index contributed by atoms with van der Waals surface area (Å²) in [4.78, 5) is 4.96. The molecule has 0 spiro atoms. The second-order valence-corrected chi connectivity index (χ2v) is 7.24. The number of ether oxygens (including phenoxy) is 1. The largest absolute Gasteiger partial charge is 0.498 e. The molecular formula is C26H33FN2O. The lowest BCUT2D eigenvalue weighted by atomic mass is 9.91. The summed E-state index contributed by atoms with van der Waals surface area (Å²) in [6.45, 7) is 9.58. The molecule has 2 rings (SSSR count). The first kappa shape index (κ1) is 23.4. The smallest absolute Gasteiger partial charge is 0.160 e. The topological polar surface area (TPSA) is 33.6 Å². The lowest BCUT2D eigenvalue weighted by Crippen LogP contribution is -2.38. The zero-order chi connectivity index (χ0) is 21.9. The zero-order valence-electron chi connectivity index (χ0n) is 18.5. The van der Waals surface area contributed by atoms with Crippen LogP contribution in [0.25, 0.3) is 6.08 Å². The Morgan fingerprint density at radius 2 is 2.03 bits per heavy atom. The van der Waals surface area contributed by atoms with E-state index in [0.717, 1.165) is 47.4 Å². The van der Waals surface area contributed by atoms with Gasteiger partial charge in [-0.15, -0.1) is 0 Å². The van der Waals surface area contributed by atoms with Gasteiger partial charge in [-0.05, 0) is 55.9 Å². The Morgan fingerprint density at radius 1 is 1.30 bits per heavy atom. The minimum atomic E-state index is -0.362. The van der Waals surface area contributed by atoms with E-state index in [1.54, 1.807) is 13.0 Å². The van der Waals surface area contributed by atoms with Gasteiger partial charge in [0, 0.05) is 6.20 Å². The van der Waals surface area contributed by atoms with Crippen LogP contribution in [-0.4, -0.2) is 18.9 Å². The second kappa shape index (κ2) is 12.0. The van der Waals surface area contributed by atoms with Gasteiger partial charge in [0.05, 0.1) is 24.6 Å². The van der Waals surface area contributed by atoms with E-state index < -0.39 is 0 Å². The van der Waals surface area contributed by atoms with Crippen LogP contribution < -0.4 is 5.32 Å². The standard InChI is InChI=1S/C26H33FN2O/c1-6-9-10-12-22(17-24(27)19(4)30-5)25-26(29-23(11-7-2)18-28-25)21-15-13-20(8-3)14-16-21/h6,8-9,13-18,25,28H,3,7,10-12H2,1-2,4-5H3/b9-6-,22-17+,24-19-. The molecular weight excluding hydrogens is 375 g/mol. The summed E-state index contributed by atoms with van der Waals surface area (Å²) in [6, 6.07) is 7.95. The average molecular weight is 409 g/mol. The molecule has 1 unspecified atom stereocenters. The molecule has 0 fully saturated rings. The summed E-state index contributed by atoms with van der Waals surface area (Å²) in [5, 5.41) is 3.49. The lowest BCUT2D eigenvalue weighted by Gasteiger charge is -2.27. The third-order valence-electron chi connectivity index (χ3n) is 5.06. The van der Waals surface area contributed by atoms with Gasteiger partial charge < -0.3 is 10.1 Å². The van der Waals surface area contributed by atoms with E-state index in [2.05, 4.69) is 37.0 Å². The van der Waals surface area contributed by atoms with Crippen molar-refractivity contribution in [1.29, 1.82) is 0 Å². The zero-order valence-corrected chi connectivity index (χ0v) is 18.5. The predicted octanol–water partition coefficient (Wildman–Crippen LogP) is 6.86. The number of hydrogen-bond donors (Lipinski definition) is 1. The Hall–Kier alpha value is -2.88. The van der Waals surface area contributed by atoms with Crippen molar-refractivity contribution in [3.8, 4) is 0 Å². The third-order valence-corrected chi connectivity index (χ3v) is 5.06. The average Bonchev–Trinajstić information content (AvgIpc) is 2.78. The number of hydrogen-bond acceptors (Lipinski definition) is 3. The molecule has 0 saturated heterocycles. The summed E-state index contributed by atoms with van der Waals surface area (Å²) in [6.07, 6.45) is 12.9. The van der Waals surface area contributed by atoms with Crippen LogP contribution in [-0.2, 0) is 4.74 Å². The van der Waals surface area contributed by atoms with E-state index in [9.17, 15) is 4.39 Å². The number of aliphatic imine (C=N–C) groups is 1. The molecule has 1 aliphatic rings. The van der Waals surface area contributed by atoms with Gasteiger partial charge in [-0.25, -0.2) is 4.39 Å². The molecule has 0 aromatic heterocycles. The summed E-state index contributed by atoms with van der Waals surface area (Å²) in [5.74, 6) is -0.0927. The quantitative estimate of drug-likeness (QED) is 0.261. The maximum atomic E-state index is 14.7. The van der Waals surface area contributed by atoms with Gasteiger partial charge in [0.1, 0.15) is 5.76 Å². The fraction of sp³-hybridized carbons (Fsp3) is 0.346. The van der Waals surface area contributed by atoms with Gasteiger partial charge >= 0.3 is 0 Å². The minimum absolute atomic E-state index is 0.208. The lowest BCUT2D eigenvalue weighted by molar-refractivity contribution is 0.279. The molecule has 1 aliphatic heterocycles. The van der Waals surface area contributed by atoms with Crippen molar-refractivity contribution in [2.24, 2.45) is 4.99 Å². The molecule has 1 heterocycles. The highest BCUT2D eigenvalue weighted by Crippen LogP contribution is 2.25. The SMILES string of the molecule is C=Cc1ccc(C2=NC(CCC)=CNC2/C(=C/C(F)=C(\C)OC)CC/C=C\C)cc1. The molecule has 160 valence electrons. The van der Waals surface area contributed by atoms with Gasteiger partial charge in [-0.3, -0.25) is 4.99 Å². The number of nitrogens with one attached hydrogen (secondary N) is 1. The highest BCUT2D eigenvalue weighted by Gasteiger charge is 2.25. The molecule has 1 aromatic carbocycles. The molecule has 3 nitrogen and oxygen atoms in total. The fourth-order valence-corrected chi connectivity index (χ4v) is 3.28. The van der Waals surface area contributed by atoms with E-state index >= 15 is 0 Å². The number of benzene rings is 1. The van der Waals surface area contributed by atoms with Gasteiger partial charge in [0.15, 0.2) is 5.83 Å². The third kappa shape index (κ3) is 6.31. The maximum Gasteiger partial charge on any atom is 0.160 e. The molecule has 1 N–H and O–H groups in total. The van der Waals surface area contributed by atoms with Gasteiger partial charge in [0.25, 0.3) is 0 Å². The number of methoxy groups -OCH3 is 1. The van der Waals surface area contributed by atoms with Crippen molar-refractivity contribution in [3.63, 3.8) is 0 Å². The van der Waals surface area contributed by atoms with Crippen molar-refractivity contribution >= 4 is 11.8 Å². The maximum absolute atomic E-state index is 14.7. The highest BCUT2D eigenvalue weighted by molar-refractivity contribution is 6.07. The van der Waals surface area contributed by atoms with Crippen LogP contribution in [0.4, 0.5) is 4.39 Å². The van der Waals surface area contributed by atoms with Crippen LogP contribution >= 0.6 is 0 Å². The van der Waals surface area contributed by atoms with Crippen molar-refractivity contribution < 1.29 is 9.13 Å². The number of nitrogens with zero attached hydrogens (tertiary/aromatic N) is 1. The first-order valence-electron chi connectivity index (χ1n) is 10.5. The first-order chi connectivity index (χ1) is 14.5. The molecule has 1 aromatic rings. The number of allylic oxidation sites excluding steroid dienone is 6. The molecule has 0 radical (unpaired) electrons. The molecule has 0 amide bonds. The summed E-state index contributed by atoms with van der Waals surface area (Å²) >= 11 is 0. The Kier molecular flexibility index (Phi) is 9.33. The van der Waals surface area contributed by atoms with Gasteiger partial charge in [0.2, 0.25) is 0 Å². The molecule has 0 bridgehead atoms. The molecule has 0 saturated carbocycles. The minimum Gasteiger partial charge on any atom is -0.498 e. The van der Waals surface area contributed by atoms with Gasteiger partial charge in [-0.1, -0.05) is 62.4 Å². The monoisotopic (exact) mass is 408 g/mol. The van der Waals surface area contributed by atoms with Crippen LogP contribution in [0.15, 0.2) is 83.1 Å².